The van der Waals surface area contributed by atoms with Crippen molar-refractivity contribution in [2.75, 3.05) is 31.3 Å². The Morgan fingerprint density at radius 3 is 2.69 bits per heavy atom. The number of aryl methyl sites for hydroxylation is 1. The molecule has 1 amide bonds. The van der Waals surface area contributed by atoms with Crippen molar-refractivity contribution < 1.29 is 22.7 Å². The van der Waals surface area contributed by atoms with E-state index in [9.17, 15) is 18.0 Å². The molecule has 0 aliphatic carbocycles. The average Bonchev–Trinajstić information content (AvgIpc) is 3.38. The molecule has 9 nitrogen and oxygen atoms in total. The number of rotatable bonds is 7. The number of nitrogens with one attached hydrogen (secondary N) is 1. The molecule has 2 heterocycles. The summed E-state index contributed by atoms with van der Waals surface area (Å²) in [6.07, 6.45) is 1.68. The molecule has 0 bridgehead atoms. The number of hydrogen-bond acceptors (Lipinski definition) is 9. The summed E-state index contributed by atoms with van der Waals surface area (Å²) in [4.78, 5) is 24.0. The van der Waals surface area contributed by atoms with Crippen LogP contribution in [-0.4, -0.2) is 60.7 Å². The number of benzene rings is 1. The van der Waals surface area contributed by atoms with Gasteiger partial charge in [-0.15, -0.1) is 10.2 Å². The monoisotopic (exact) mass is 456 g/mol. The Bertz CT molecular complexity index is 1020. The van der Waals surface area contributed by atoms with Crippen molar-refractivity contribution in [1.29, 1.82) is 0 Å². The molecule has 2 aromatic rings. The first-order valence-corrected chi connectivity index (χ1v) is 12.0. The van der Waals surface area contributed by atoms with E-state index in [2.05, 4.69) is 20.3 Å². The molecule has 0 spiro atoms. The highest BCUT2D eigenvalue weighted by atomic mass is 32.2. The fraction of sp³-hybridized carbons (Fsp3) is 0.412. The number of methoxy groups -OCH3 is 1. The van der Waals surface area contributed by atoms with Crippen LogP contribution in [0.2, 0.25) is 0 Å². The number of esters is 1. The molecular formula is C17H20N4O5S3. The summed E-state index contributed by atoms with van der Waals surface area (Å²) in [7, 11) is -2.32. The molecule has 1 aromatic carbocycles. The molecule has 1 aliphatic heterocycles. The second-order valence-electron chi connectivity index (χ2n) is 6.28. The van der Waals surface area contributed by atoms with Crippen molar-refractivity contribution >= 4 is 50.1 Å². The summed E-state index contributed by atoms with van der Waals surface area (Å²) in [5, 5.41) is 10.7. The van der Waals surface area contributed by atoms with E-state index < -0.39 is 15.9 Å². The number of carbonyl (C=O) groups is 2. The maximum absolute atomic E-state index is 12.8. The second-order valence-corrected chi connectivity index (χ2v) is 10.4. The smallest absolute Gasteiger partial charge is 0.316 e. The maximum atomic E-state index is 12.8. The lowest BCUT2D eigenvalue weighted by Gasteiger charge is -2.16. The Hall–Kier alpha value is -2.02. The van der Waals surface area contributed by atoms with Gasteiger partial charge < -0.3 is 4.74 Å². The quantitative estimate of drug-likeness (QED) is 0.382. The van der Waals surface area contributed by atoms with Crippen LogP contribution in [0.15, 0.2) is 27.4 Å². The fourth-order valence-electron chi connectivity index (χ4n) is 2.75. The average molecular weight is 457 g/mol. The van der Waals surface area contributed by atoms with Gasteiger partial charge >= 0.3 is 5.97 Å². The number of amides is 1. The summed E-state index contributed by atoms with van der Waals surface area (Å²) in [6.45, 7) is 2.72. The Labute approximate surface area is 176 Å². The van der Waals surface area contributed by atoms with E-state index >= 15 is 0 Å². The van der Waals surface area contributed by atoms with Gasteiger partial charge in [-0.25, -0.2) is 8.42 Å². The Kier molecular flexibility index (Phi) is 6.88. The summed E-state index contributed by atoms with van der Waals surface area (Å²) < 4.78 is 32.0. The standard InChI is InChI=1S/C17H20N4O5S3/c1-11-5-6-12(29(24,25)21-7-3-4-8-21)9-13(11)15(23)18-16-19-20-17(28-16)27-10-14(22)26-2/h5-6,9H,3-4,7-8,10H2,1-2H3,(H,18,19,23). The van der Waals surface area contributed by atoms with Gasteiger partial charge in [-0.05, 0) is 37.5 Å². The van der Waals surface area contributed by atoms with Gasteiger partial charge in [-0.1, -0.05) is 29.2 Å². The molecule has 1 aromatic heterocycles. The minimum absolute atomic E-state index is 0.0919. The van der Waals surface area contributed by atoms with E-state index in [1.165, 1.54) is 23.5 Å². The largest absolute Gasteiger partial charge is 0.468 e. The lowest BCUT2D eigenvalue weighted by Crippen LogP contribution is -2.28. The van der Waals surface area contributed by atoms with Crippen LogP contribution in [0.4, 0.5) is 5.13 Å². The number of sulfonamides is 1. The fourth-order valence-corrected chi connectivity index (χ4v) is 5.87. The van der Waals surface area contributed by atoms with Gasteiger partial charge in [-0.2, -0.15) is 4.31 Å². The third kappa shape index (κ3) is 5.13. The molecule has 1 saturated heterocycles. The van der Waals surface area contributed by atoms with Crippen molar-refractivity contribution in [2.24, 2.45) is 0 Å². The van der Waals surface area contributed by atoms with Gasteiger partial charge in [0.05, 0.1) is 17.8 Å². The lowest BCUT2D eigenvalue weighted by molar-refractivity contribution is -0.137. The zero-order valence-corrected chi connectivity index (χ0v) is 18.3. The molecule has 0 saturated carbocycles. The zero-order chi connectivity index (χ0) is 21.0. The number of hydrogen-bond donors (Lipinski definition) is 1. The number of anilines is 1. The highest BCUT2D eigenvalue weighted by Crippen LogP contribution is 2.27. The number of aromatic nitrogens is 2. The summed E-state index contributed by atoms with van der Waals surface area (Å²) in [5.74, 6) is -0.765. The molecule has 1 fully saturated rings. The third-order valence-corrected chi connectivity index (χ3v) is 8.16. The summed E-state index contributed by atoms with van der Waals surface area (Å²) in [6, 6.07) is 4.54. The van der Waals surface area contributed by atoms with E-state index in [0.29, 0.717) is 23.0 Å². The van der Waals surface area contributed by atoms with Crippen LogP contribution in [0.1, 0.15) is 28.8 Å². The Balaban J connectivity index is 1.74. The van der Waals surface area contributed by atoms with Gasteiger partial charge in [0.2, 0.25) is 15.2 Å². The maximum Gasteiger partial charge on any atom is 0.316 e. The number of nitrogens with zero attached hydrogens (tertiary/aromatic N) is 3. The van der Waals surface area contributed by atoms with Crippen LogP contribution in [0, 0.1) is 6.92 Å². The van der Waals surface area contributed by atoms with E-state index in [1.54, 1.807) is 13.0 Å². The lowest BCUT2D eigenvalue weighted by atomic mass is 10.1. The molecule has 29 heavy (non-hydrogen) atoms. The minimum Gasteiger partial charge on any atom is -0.468 e. The molecule has 1 N–H and O–H groups in total. The van der Waals surface area contributed by atoms with Crippen molar-refractivity contribution in [3.8, 4) is 0 Å². The number of carbonyl (C=O) groups excluding carboxylic acids is 2. The molecule has 0 atom stereocenters. The van der Waals surface area contributed by atoms with Crippen LogP contribution >= 0.6 is 23.1 Å². The van der Waals surface area contributed by atoms with Crippen LogP contribution < -0.4 is 5.32 Å². The minimum atomic E-state index is -3.62. The van der Waals surface area contributed by atoms with Gasteiger partial charge in [0, 0.05) is 18.7 Å². The van der Waals surface area contributed by atoms with Crippen molar-refractivity contribution in [3.05, 3.63) is 29.3 Å². The molecule has 0 unspecified atom stereocenters. The van der Waals surface area contributed by atoms with E-state index in [1.807, 2.05) is 0 Å². The molecule has 0 radical (unpaired) electrons. The summed E-state index contributed by atoms with van der Waals surface area (Å²) >= 11 is 2.27. The molecule has 156 valence electrons. The normalized spacial score (nSPS) is 14.7. The van der Waals surface area contributed by atoms with Crippen molar-refractivity contribution in [1.82, 2.24) is 14.5 Å². The van der Waals surface area contributed by atoms with Crippen LogP contribution in [-0.2, 0) is 19.6 Å². The zero-order valence-electron chi connectivity index (χ0n) is 15.9. The van der Waals surface area contributed by atoms with E-state index in [-0.39, 0.29) is 27.3 Å². The number of ether oxygens (including phenoxy) is 1. The Morgan fingerprint density at radius 2 is 2.00 bits per heavy atom. The molecule has 3 rings (SSSR count). The summed E-state index contributed by atoms with van der Waals surface area (Å²) in [5.41, 5.74) is 0.900. The molecule has 1 aliphatic rings. The second kappa shape index (κ2) is 9.20. The van der Waals surface area contributed by atoms with Gasteiger partial charge in [0.1, 0.15) is 0 Å². The first-order chi connectivity index (χ1) is 13.8. The SMILES string of the molecule is COC(=O)CSc1nnc(NC(=O)c2cc(S(=O)(=O)N3CCCC3)ccc2C)s1. The highest BCUT2D eigenvalue weighted by molar-refractivity contribution is 8.01. The van der Waals surface area contributed by atoms with Crippen LogP contribution in [0.5, 0.6) is 0 Å². The van der Waals surface area contributed by atoms with Crippen LogP contribution in [0.25, 0.3) is 0 Å². The first-order valence-electron chi connectivity index (χ1n) is 8.76. The van der Waals surface area contributed by atoms with Gasteiger partial charge in [0.15, 0.2) is 4.34 Å². The van der Waals surface area contributed by atoms with Crippen LogP contribution in [0.3, 0.4) is 0 Å². The third-order valence-electron chi connectivity index (χ3n) is 4.32. The Morgan fingerprint density at radius 1 is 1.28 bits per heavy atom. The van der Waals surface area contributed by atoms with E-state index in [0.717, 1.165) is 35.9 Å². The highest BCUT2D eigenvalue weighted by Gasteiger charge is 2.28. The van der Waals surface area contributed by atoms with Crippen molar-refractivity contribution in [3.63, 3.8) is 0 Å². The molecular weight excluding hydrogens is 436 g/mol. The molecule has 12 heteroatoms. The van der Waals surface area contributed by atoms with Gasteiger partial charge in [0.25, 0.3) is 5.91 Å². The van der Waals surface area contributed by atoms with E-state index in [4.69, 9.17) is 0 Å². The predicted molar refractivity (Wildman–Crippen MR) is 110 cm³/mol. The number of thioether (sulfide) groups is 1. The van der Waals surface area contributed by atoms with Gasteiger partial charge in [-0.3, -0.25) is 14.9 Å². The van der Waals surface area contributed by atoms with Crippen molar-refractivity contribution in [2.45, 2.75) is 29.0 Å². The topological polar surface area (TPSA) is 119 Å². The predicted octanol–water partition coefficient (Wildman–Crippen LogP) is 2.15. The first kappa shape index (κ1) is 21.7.